The van der Waals surface area contributed by atoms with Gasteiger partial charge >= 0.3 is 0 Å². The van der Waals surface area contributed by atoms with Gasteiger partial charge in [0.15, 0.2) is 0 Å². The quantitative estimate of drug-likeness (QED) is 0.666. The normalized spacial score (nSPS) is 10.4. The predicted molar refractivity (Wildman–Crippen MR) is 52.7 cm³/mol. The number of nitrogen functional groups attached to an aromatic ring is 2. The van der Waals surface area contributed by atoms with Gasteiger partial charge in [0.2, 0.25) is 0 Å². The molecule has 2 aromatic heterocycles. The van der Waals surface area contributed by atoms with Gasteiger partial charge in [-0.3, -0.25) is 0 Å². The van der Waals surface area contributed by atoms with Crippen LogP contribution in [0.25, 0.3) is 5.95 Å². The fourth-order valence-corrected chi connectivity index (χ4v) is 1.06. The van der Waals surface area contributed by atoms with E-state index in [2.05, 4.69) is 15.1 Å². The fourth-order valence-electron chi connectivity index (χ4n) is 1.06. The van der Waals surface area contributed by atoms with Crippen LogP contribution in [0, 0.1) is 6.92 Å². The molecule has 0 saturated carbocycles. The molecule has 6 nitrogen and oxygen atoms in total. The lowest BCUT2D eigenvalue weighted by Crippen LogP contribution is -2.05. The van der Waals surface area contributed by atoms with Gasteiger partial charge in [-0.2, -0.15) is 5.10 Å². The average molecular weight is 190 g/mol. The maximum atomic E-state index is 5.64. The lowest BCUT2D eigenvalue weighted by Gasteiger charge is -2.01. The van der Waals surface area contributed by atoms with Crippen molar-refractivity contribution in [3.63, 3.8) is 0 Å². The summed E-state index contributed by atoms with van der Waals surface area (Å²) < 4.78 is 1.56. The Morgan fingerprint density at radius 3 is 2.29 bits per heavy atom. The summed E-state index contributed by atoms with van der Waals surface area (Å²) in [6, 6.07) is 0. The fraction of sp³-hybridized carbons (Fsp3) is 0.125. The molecular formula is C8H10N6. The van der Waals surface area contributed by atoms with E-state index in [0.29, 0.717) is 17.3 Å². The summed E-state index contributed by atoms with van der Waals surface area (Å²) in [7, 11) is 0. The van der Waals surface area contributed by atoms with Gasteiger partial charge in [-0.1, -0.05) is 0 Å². The van der Waals surface area contributed by atoms with E-state index >= 15 is 0 Å². The summed E-state index contributed by atoms with van der Waals surface area (Å²) >= 11 is 0. The zero-order valence-corrected chi connectivity index (χ0v) is 7.68. The summed E-state index contributed by atoms with van der Waals surface area (Å²) in [4.78, 5) is 8.06. The van der Waals surface area contributed by atoms with Crippen molar-refractivity contribution in [1.82, 2.24) is 19.7 Å². The zero-order valence-electron chi connectivity index (χ0n) is 7.68. The molecule has 14 heavy (non-hydrogen) atoms. The molecule has 2 aromatic rings. The number of hydrogen-bond acceptors (Lipinski definition) is 5. The third-order valence-corrected chi connectivity index (χ3v) is 1.90. The van der Waals surface area contributed by atoms with Crippen LogP contribution >= 0.6 is 0 Å². The van der Waals surface area contributed by atoms with Crippen LogP contribution in [0.1, 0.15) is 5.69 Å². The van der Waals surface area contributed by atoms with Gasteiger partial charge in [-0.25, -0.2) is 14.6 Å². The highest BCUT2D eigenvalue weighted by Gasteiger charge is 2.06. The molecule has 0 fully saturated rings. The number of nitrogens with zero attached hydrogens (tertiary/aromatic N) is 4. The first-order valence-corrected chi connectivity index (χ1v) is 4.06. The Morgan fingerprint density at radius 2 is 1.79 bits per heavy atom. The molecule has 0 aliphatic heterocycles. The highest BCUT2D eigenvalue weighted by molar-refractivity contribution is 5.42. The summed E-state index contributed by atoms with van der Waals surface area (Å²) in [5, 5.41) is 4.04. The van der Waals surface area contributed by atoms with Gasteiger partial charge in [0.1, 0.15) is 0 Å². The Bertz CT molecular complexity index is 443. The minimum absolute atomic E-state index is 0.466. The molecule has 4 N–H and O–H groups in total. The molecule has 0 aliphatic carbocycles. The zero-order chi connectivity index (χ0) is 10.1. The van der Waals surface area contributed by atoms with Crippen molar-refractivity contribution in [2.75, 3.05) is 11.5 Å². The summed E-state index contributed by atoms with van der Waals surface area (Å²) in [6.45, 7) is 1.85. The highest BCUT2D eigenvalue weighted by atomic mass is 15.3. The van der Waals surface area contributed by atoms with Crippen molar-refractivity contribution in [2.24, 2.45) is 0 Å². The van der Waals surface area contributed by atoms with Crippen LogP contribution in [-0.2, 0) is 0 Å². The van der Waals surface area contributed by atoms with Crippen LogP contribution in [0.4, 0.5) is 11.4 Å². The predicted octanol–water partition coefficient (Wildman–Crippen LogP) is 0.135. The SMILES string of the molecule is Cc1c(N)cnn1-c1ncc(N)cn1. The van der Waals surface area contributed by atoms with Crippen LogP contribution in [0.2, 0.25) is 0 Å². The van der Waals surface area contributed by atoms with Gasteiger partial charge in [0.25, 0.3) is 5.95 Å². The van der Waals surface area contributed by atoms with Crippen LogP contribution in [0.15, 0.2) is 18.6 Å². The lowest BCUT2D eigenvalue weighted by atomic mass is 10.4. The van der Waals surface area contributed by atoms with Gasteiger partial charge in [0.05, 0.1) is 35.7 Å². The molecule has 0 radical (unpaired) electrons. The molecule has 2 rings (SSSR count). The number of hydrogen-bond donors (Lipinski definition) is 2. The van der Waals surface area contributed by atoms with E-state index in [9.17, 15) is 0 Å². The molecule has 6 heteroatoms. The molecule has 0 aromatic carbocycles. The smallest absolute Gasteiger partial charge is 0.250 e. The third-order valence-electron chi connectivity index (χ3n) is 1.90. The third kappa shape index (κ3) is 1.26. The average Bonchev–Trinajstić information content (AvgIpc) is 2.50. The van der Waals surface area contributed by atoms with Crippen molar-refractivity contribution in [1.29, 1.82) is 0 Å². The van der Waals surface area contributed by atoms with E-state index < -0.39 is 0 Å². The van der Waals surface area contributed by atoms with Gasteiger partial charge in [-0.05, 0) is 6.92 Å². The highest BCUT2D eigenvalue weighted by Crippen LogP contribution is 2.11. The minimum Gasteiger partial charge on any atom is -0.396 e. The molecule has 72 valence electrons. The Kier molecular flexibility index (Phi) is 1.81. The van der Waals surface area contributed by atoms with Crippen LogP contribution in [0.3, 0.4) is 0 Å². The molecule has 0 atom stereocenters. The molecule has 0 bridgehead atoms. The molecular weight excluding hydrogens is 180 g/mol. The molecule has 0 spiro atoms. The molecule has 0 aliphatic rings. The maximum absolute atomic E-state index is 5.64. The Balaban J connectivity index is 2.49. The van der Waals surface area contributed by atoms with Crippen molar-refractivity contribution < 1.29 is 0 Å². The minimum atomic E-state index is 0.466. The second-order valence-corrected chi connectivity index (χ2v) is 2.91. The topological polar surface area (TPSA) is 95.6 Å². The monoisotopic (exact) mass is 190 g/mol. The first kappa shape index (κ1) is 8.49. The number of nitrogens with two attached hydrogens (primary N) is 2. The largest absolute Gasteiger partial charge is 0.396 e. The summed E-state index contributed by atoms with van der Waals surface area (Å²) in [6.07, 6.45) is 4.62. The second-order valence-electron chi connectivity index (χ2n) is 2.91. The first-order valence-electron chi connectivity index (χ1n) is 4.06. The number of anilines is 2. The Morgan fingerprint density at radius 1 is 1.14 bits per heavy atom. The van der Waals surface area contributed by atoms with Crippen LogP contribution < -0.4 is 11.5 Å². The van der Waals surface area contributed by atoms with Crippen LogP contribution in [0.5, 0.6) is 0 Å². The van der Waals surface area contributed by atoms with Crippen molar-refractivity contribution in [2.45, 2.75) is 6.92 Å². The van der Waals surface area contributed by atoms with Gasteiger partial charge < -0.3 is 11.5 Å². The summed E-state index contributed by atoms with van der Waals surface area (Å²) in [5.41, 5.74) is 13.1. The van der Waals surface area contributed by atoms with Gasteiger partial charge in [0, 0.05) is 0 Å². The molecule has 0 amide bonds. The standard InChI is InChI=1S/C8H10N6/c1-5-7(10)4-13-14(5)8-11-2-6(9)3-12-8/h2-4H,9-10H2,1H3. The molecule has 0 unspecified atom stereocenters. The second kappa shape index (κ2) is 2.99. The van der Waals surface area contributed by atoms with Crippen LogP contribution in [-0.4, -0.2) is 19.7 Å². The molecule has 2 heterocycles. The maximum Gasteiger partial charge on any atom is 0.250 e. The van der Waals surface area contributed by atoms with E-state index in [4.69, 9.17) is 11.5 Å². The lowest BCUT2D eigenvalue weighted by molar-refractivity contribution is 0.784. The van der Waals surface area contributed by atoms with E-state index in [0.717, 1.165) is 5.69 Å². The van der Waals surface area contributed by atoms with E-state index in [1.807, 2.05) is 6.92 Å². The Labute approximate surface area is 80.6 Å². The van der Waals surface area contributed by atoms with E-state index in [1.54, 1.807) is 10.9 Å². The van der Waals surface area contributed by atoms with E-state index in [1.165, 1.54) is 12.4 Å². The Hall–Kier alpha value is -2.11. The van der Waals surface area contributed by atoms with Gasteiger partial charge in [-0.15, -0.1) is 0 Å². The molecule has 0 saturated heterocycles. The van der Waals surface area contributed by atoms with E-state index in [-0.39, 0.29) is 0 Å². The number of rotatable bonds is 1. The van der Waals surface area contributed by atoms with Crippen molar-refractivity contribution >= 4 is 11.4 Å². The van der Waals surface area contributed by atoms with Crippen molar-refractivity contribution in [3.8, 4) is 5.95 Å². The first-order chi connectivity index (χ1) is 6.68. The summed E-state index contributed by atoms with van der Waals surface area (Å²) in [5.74, 6) is 0.466. The van der Waals surface area contributed by atoms with Crippen molar-refractivity contribution in [3.05, 3.63) is 24.3 Å². The number of aromatic nitrogens is 4.